The molecule has 2 rings (SSSR count). The van der Waals surface area contributed by atoms with Gasteiger partial charge in [-0.2, -0.15) is 0 Å². The van der Waals surface area contributed by atoms with E-state index < -0.39 is 71.7 Å². The van der Waals surface area contributed by atoms with Crippen LogP contribution >= 0.6 is 0 Å². The summed E-state index contributed by atoms with van der Waals surface area (Å²) < 4.78 is 21.1. The lowest BCUT2D eigenvalue weighted by Gasteiger charge is -2.41. The van der Waals surface area contributed by atoms with Crippen molar-refractivity contribution in [2.45, 2.75) is 52.0 Å². The molecule has 1 aliphatic heterocycles. The summed E-state index contributed by atoms with van der Waals surface area (Å²) in [4.78, 5) is 73.9. The lowest BCUT2D eigenvalue weighted by molar-refractivity contribution is -0.384. The van der Waals surface area contributed by atoms with Gasteiger partial charge in [0.2, 0.25) is 5.91 Å². The molecule has 1 aromatic carbocycles. The first-order valence-electron chi connectivity index (χ1n) is 10.6. The van der Waals surface area contributed by atoms with Crippen LogP contribution in [0.1, 0.15) is 27.7 Å². The Bertz CT molecular complexity index is 1090. The SMILES string of the molecule is CC(=O)N[C@@H]1C(=NOC(=O)Nc2ccc([N+](=O)[O-])cc2)OC(COC(C)=O)[C@H](OC(C)=O)[C@@H]1OC(C)=O. The summed E-state index contributed by atoms with van der Waals surface area (Å²) in [6.07, 6.45) is -5.19. The number of nitro groups is 1. The second-order valence-corrected chi connectivity index (χ2v) is 7.52. The minimum atomic E-state index is -1.42. The van der Waals surface area contributed by atoms with E-state index in [0.29, 0.717) is 0 Å². The third-order valence-corrected chi connectivity index (χ3v) is 4.51. The van der Waals surface area contributed by atoms with Crippen LogP contribution < -0.4 is 10.6 Å². The first-order valence-corrected chi connectivity index (χ1v) is 10.6. The van der Waals surface area contributed by atoms with Crippen molar-refractivity contribution < 1.29 is 52.7 Å². The molecule has 2 amide bonds. The number of nitrogens with zero attached hydrogens (tertiary/aromatic N) is 2. The molecule has 16 heteroatoms. The molecule has 1 aromatic rings. The van der Waals surface area contributed by atoms with Crippen molar-refractivity contribution in [1.29, 1.82) is 0 Å². The average Bonchev–Trinajstić information content (AvgIpc) is 2.79. The zero-order valence-electron chi connectivity index (χ0n) is 20.1. The summed E-state index contributed by atoms with van der Waals surface area (Å²) >= 11 is 0. The number of hydrogen-bond donors (Lipinski definition) is 2. The molecular formula is C21H24N4O12. The van der Waals surface area contributed by atoms with Crippen molar-refractivity contribution >= 4 is 47.2 Å². The zero-order valence-corrected chi connectivity index (χ0v) is 20.1. The van der Waals surface area contributed by atoms with Crippen LogP contribution in [0.4, 0.5) is 16.2 Å². The van der Waals surface area contributed by atoms with Crippen molar-refractivity contribution in [3.05, 3.63) is 34.4 Å². The Hall–Kier alpha value is -4.76. The summed E-state index contributed by atoms with van der Waals surface area (Å²) in [7, 11) is 0. The molecule has 0 aliphatic carbocycles. The van der Waals surface area contributed by atoms with Gasteiger partial charge in [-0.05, 0) is 17.3 Å². The number of carbonyl (C=O) groups excluding carboxylic acids is 5. The molecule has 1 saturated heterocycles. The molecule has 200 valence electrons. The van der Waals surface area contributed by atoms with Crippen molar-refractivity contribution in [2.24, 2.45) is 5.16 Å². The Morgan fingerprint density at radius 2 is 1.57 bits per heavy atom. The Morgan fingerprint density at radius 3 is 2.08 bits per heavy atom. The van der Waals surface area contributed by atoms with Gasteiger partial charge in [0, 0.05) is 45.5 Å². The molecule has 0 radical (unpaired) electrons. The topological polar surface area (TPSA) is 211 Å². The van der Waals surface area contributed by atoms with Crippen LogP contribution in [0.15, 0.2) is 29.4 Å². The van der Waals surface area contributed by atoms with E-state index >= 15 is 0 Å². The quantitative estimate of drug-likeness (QED) is 0.159. The minimum absolute atomic E-state index is 0.138. The molecule has 2 N–H and O–H groups in total. The minimum Gasteiger partial charge on any atom is -0.466 e. The summed E-state index contributed by atoms with van der Waals surface area (Å²) in [6.45, 7) is 3.92. The average molecular weight is 524 g/mol. The van der Waals surface area contributed by atoms with Crippen LogP contribution in [0.3, 0.4) is 0 Å². The maximum absolute atomic E-state index is 12.2. The number of esters is 3. The number of non-ortho nitro benzene ring substituents is 1. The van der Waals surface area contributed by atoms with Gasteiger partial charge in [-0.15, -0.1) is 0 Å². The second-order valence-electron chi connectivity index (χ2n) is 7.52. The van der Waals surface area contributed by atoms with Gasteiger partial charge >= 0.3 is 24.0 Å². The summed E-state index contributed by atoms with van der Waals surface area (Å²) in [6, 6.07) is 3.42. The van der Waals surface area contributed by atoms with Gasteiger partial charge < -0.3 is 24.3 Å². The van der Waals surface area contributed by atoms with E-state index in [1.165, 1.54) is 12.1 Å². The van der Waals surface area contributed by atoms with E-state index in [2.05, 4.69) is 15.8 Å². The molecule has 37 heavy (non-hydrogen) atoms. The van der Waals surface area contributed by atoms with Gasteiger partial charge in [0.05, 0.1) is 4.92 Å². The Morgan fingerprint density at radius 1 is 0.973 bits per heavy atom. The lowest BCUT2D eigenvalue weighted by Crippen LogP contribution is -2.64. The molecule has 0 aromatic heterocycles. The molecular weight excluding hydrogens is 500 g/mol. The predicted octanol–water partition coefficient (Wildman–Crippen LogP) is 0.787. The second kappa shape index (κ2) is 12.8. The molecule has 1 heterocycles. The number of benzene rings is 1. The van der Waals surface area contributed by atoms with E-state index in [1.807, 2.05) is 0 Å². The van der Waals surface area contributed by atoms with Crippen LogP contribution in [-0.4, -0.2) is 71.7 Å². The Balaban J connectivity index is 2.34. The smallest absolute Gasteiger partial charge is 0.437 e. The highest BCUT2D eigenvalue weighted by Crippen LogP contribution is 2.25. The number of carbonyl (C=O) groups is 5. The fourth-order valence-electron chi connectivity index (χ4n) is 3.16. The van der Waals surface area contributed by atoms with E-state index in [1.54, 1.807) is 0 Å². The molecule has 0 saturated carbocycles. The van der Waals surface area contributed by atoms with Crippen molar-refractivity contribution in [2.75, 3.05) is 11.9 Å². The third-order valence-electron chi connectivity index (χ3n) is 4.51. The number of rotatable bonds is 8. The van der Waals surface area contributed by atoms with Gasteiger partial charge in [-0.25, -0.2) is 4.79 Å². The van der Waals surface area contributed by atoms with Crippen LogP contribution in [0.2, 0.25) is 0 Å². The molecule has 1 aliphatic rings. The van der Waals surface area contributed by atoms with E-state index in [4.69, 9.17) is 23.8 Å². The van der Waals surface area contributed by atoms with Crippen LogP contribution in [-0.2, 0) is 43.0 Å². The first-order chi connectivity index (χ1) is 17.4. The van der Waals surface area contributed by atoms with Crippen molar-refractivity contribution in [3.63, 3.8) is 0 Å². The Kier molecular flexibility index (Phi) is 9.85. The van der Waals surface area contributed by atoms with Gasteiger partial charge in [0.15, 0.2) is 18.3 Å². The number of amides is 2. The highest BCUT2D eigenvalue weighted by atomic mass is 16.7. The van der Waals surface area contributed by atoms with E-state index in [9.17, 15) is 34.1 Å². The number of nitro benzene ring substituents is 1. The van der Waals surface area contributed by atoms with Gasteiger partial charge in [-0.1, -0.05) is 0 Å². The van der Waals surface area contributed by atoms with Crippen LogP contribution in [0.25, 0.3) is 0 Å². The maximum Gasteiger partial charge on any atom is 0.437 e. The van der Waals surface area contributed by atoms with E-state index in [0.717, 1.165) is 39.8 Å². The highest BCUT2D eigenvalue weighted by molar-refractivity contribution is 5.90. The molecule has 0 spiro atoms. The van der Waals surface area contributed by atoms with Gasteiger partial charge in [0.25, 0.3) is 11.6 Å². The Labute approximate surface area is 209 Å². The zero-order chi connectivity index (χ0) is 27.7. The molecule has 1 fully saturated rings. The number of anilines is 1. The fourth-order valence-corrected chi connectivity index (χ4v) is 3.16. The first kappa shape index (κ1) is 28.5. The highest BCUT2D eigenvalue weighted by Gasteiger charge is 2.50. The largest absolute Gasteiger partial charge is 0.466 e. The summed E-state index contributed by atoms with van der Waals surface area (Å²) in [5, 5.41) is 19.0. The van der Waals surface area contributed by atoms with Gasteiger partial charge in [-0.3, -0.25) is 39.4 Å². The van der Waals surface area contributed by atoms with Crippen LogP contribution in [0, 0.1) is 10.1 Å². The van der Waals surface area contributed by atoms with E-state index in [-0.39, 0.29) is 11.4 Å². The number of nitrogens with one attached hydrogen (secondary N) is 2. The van der Waals surface area contributed by atoms with Crippen molar-refractivity contribution in [1.82, 2.24) is 5.32 Å². The normalized spacial score (nSPS) is 21.6. The fraction of sp³-hybridized carbons (Fsp3) is 0.429. The monoisotopic (exact) mass is 524 g/mol. The number of oxime groups is 1. The maximum atomic E-state index is 12.2. The number of ether oxygens (including phenoxy) is 4. The molecule has 4 atom stereocenters. The molecule has 16 nitrogen and oxygen atoms in total. The molecule has 0 bridgehead atoms. The van der Waals surface area contributed by atoms with Crippen LogP contribution in [0.5, 0.6) is 0 Å². The number of hydrogen-bond acceptors (Lipinski definition) is 13. The summed E-state index contributed by atoms with van der Waals surface area (Å²) in [5.41, 5.74) is -0.0650. The van der Waals surface area contributed by atoms with Crippen molar-refractivity contribution in [3.8, 4) is 0 Å². The summed E-state index contributed by atoms with van der Waals surface area (Å²) in [5.74, 6) is -3.41. The predicted molar refractivity (Wildman–Crippen MR) is 121 cm³/mol. The third kappa shape index (κ3) is 8.75. The molecule has 1 unspecified atom stereocenters. The lowest BCUT2D eigenvalue weighted by atomic mass is 9.96. The van der Waals surface area contributed by atoms with Gasteiger partial charge in [0.1, 0.15) is 12.6 Å². The standard InChI is InChI=1S/C21H24N4O12/c1-10(26)22-17-19(35-13(4)29)18(34-12(3)28)16(9-33-11(2)27)36-20(17)24-37-21(30)23-14-5-7-15(8-6-14)25(31)32/h5-8,16-19H,9H2,1-4H3,(H,22,26)(H,23,30)/t16?,17-,18-,19+/m0/s1.